The molecule has 3 nitrogen and oxygen atoms in total. The summed E-state index contributed by atoms with van der Waals surface area (Å²) < 4.78 is 5.68. The topological polar surface area (TPSA) is 42.4 Å². The minimum absolute atomic E-state index is 0.0245. The fourth-order valence-electron chi connectivity index (χ4n) is 1.96. The van der Waals surface area contributed by atoms with Gasteiger partial charge in [-0.05, 0) is 35.7 Å². The molecule has 1 N–H and O–H groups in total. The highest BCUT2D eigenvalue weighted by atomic mass is 35.5. The Morgan fingerprint density at radius 3 is 2.75 bits per heavy atom. The van der Waals surface area contributed by atoms with Crippen LogP contribution in [0.25, 0.3) is 10.9 Å². The third kappa shape index (κ3) is 2.76. The van der Waals surface area contributed by atoms with E-state index in [-0.39, 0.29) is 7.48 Å². The Labute approximate surface area is 122 Å². The van der Waals surface area contributed by atoms with Crippen LogP contribution in [0.2, 0.25) is 5.02 Å². The number of nitrogens with zero attached hydrogens (tertiary/aromatic N) is 1. The normalized spacial score (nSPS) is 10.5. The lowest BCUT2D eigenvalue weighted by atomic mass is 9.88. The lowest BCUT2D eigenvalue weighted by Crippen LogP contribution is -2.12. The molecule has 0 spiro atoms. The van der Waals surface area contributed by atoms with E-state index >= 15 is 0 Å². The van der Waals surface area contributed by atoms with Gasteiger partial charge in [-0.2, -0.15) is 0 Å². The molecule has 0 aliphatic heterocycles. The van der Waals surface area contributed by atoms with Gasteiger partial charge in [0.05, 0.1) is 5.52 Å². The molecule has 1 heterocycles. The molecule has 3 aromatic rings. The molecule has 0 fully saturated rings. The number of rotatable bonds is 3. The second-order valence-electron chi connectivity index (χ2n) is 4.39. The van der Waals surface area contributed by atoms with Gasteiger partial charge in [0.1, 0.15) is 5.75 Å². The van der Waals surface area contributed by atoms with Crippen LogP contribution in [-0.2, 0) is 0 Å². The molecule has 0 unspecified atom stereocenters. The first-order valence-corrected chi connectivity index (χ1v) is 6.56. The summed E-state index contributed by atoms with van der Waals surface area (Å²) in [7, 11) is 0.0245. The van der Waals surface area contributed by atoms with Gasteiger partial charge in [0, 0.05) is 11.1 Å². The first kappa shape index (κ1) is 13.0. The van der Waals surface area contributed by atoms with E-state index in [0.717, 1.165) is 16.4 Å². The van der Waals surface area contributed by atoms with Gasteiger partial charge >= 0.3 is 7.48 Å². The fraction of sp³-hybridized carbons (Fsp3) is 0. The average molecular weight is 284 g/mol. The van der Waals surface area contributed by atoms with Crippen molar-refractivity contribution in [3.8, 4) is 11.6 Å². The molecule has 1 aromatic heterocycles. The Kier molecular flexibility index (Phi) is 3.59. The fourth-order valence-corrected chi connectivity index (χ4v) is 2.14. The van der Waals surface area contributed by atoms with Gasteiger partial charge in [0.2, 0.25) is 5.88 Å². The highest BCUT2D eigenvalue weighted by Crippen LogP contribution is 2.24. The summed E-state index contributed by atoms with van der Waals surface area (Å²) in [5, 5.41) is 10.7. The van der Waals surface area contributed by atoms with Gasteiger partial charge in [0.15, 0.2) is 0 Å². The molecule has 0 saturated carbocycles. The third-order valence-electron chi connectivity index (χ3n) is 2.93. The summed E-state index contributed by atoms with van der Waals surface area (Å²) in [6.07, 6.45) is 0. The standard InChI is InChI=1S/C15H11BClNO2/c17-12-2-1-3-13(9-12)20-15-7-4-10-8-11(16-19)5-6-14(10)18-15/h1-9,16,19H. The van der Waals surface area contributed by atoms with Crippen LogP contribution < -0.4 is 10.2 Å². The minimum Gasteiger partial charge on any atom is -0.449 e. The van der Waals surface area contributed by atoms with Gasteiger partial charge in [-0.3, -0.25) is 0 Å². The maximum Gasteiger partial charge on any atom is 0.304 e. The molecule has 0 aliphatic rings. The Hall–Kier alpha value is -2.04. The van der Waals surface area contributed by atoms with Crippen LogP contribution >= 0.6 is 11.6 Å². The molecule has 0 amide bonds. The molecule has 2 aromatic carbocycles. The summed E-state index contributed by atoms with van der Waals surface area (Å²) in [5.41, 5.74) is 1.68. The summed E-state index contributed by atoms with van der Waals surface area (Å²) in [6, 6.07) is 16.5. The van der Waals surface area contributed by atoms with Crippen molar-refractivity contribution in [1.29, 1.82) is 0 Å². The van der Waals surface area contributed by atoms with E-state index in [4.69, 9.17) is 21.4 Å². The van der Waals surface area contributed by atoms with Crippen molar-refractivity contribution >= 4 is 35.4 Å². The Morgan fingerprint density at radius 2 is 1.95 bits per heavy atom. The molecule has 0 atom stereocenters. The van der Waals surface area contributed by atoms with Crippen LogP contribution in [0.4, 0.5) is 0 Å². The van der Waals surface area contributed by atoms with Crippen molar-refractivity contribution in [3.63, 3.8) is 0 Å². The largest absolute Gasteiger partial charge is 0.449 e. The van der Waals surface area contributed by atoms with Crippen molar-refractivity contribution in [3.05, 3.63) is 59.6 Å². The number of hydrogen-bond donors (Lipinski definition) is 1. The number of pyridine rings is 1. The molecule has 0 bridgehead atoms. The molecule has 0 radical (unpaired) electrons. The van der Waals surface area contributed by atoms with Crippen LogP contribution in [0.5, 0.6) is 11.6 Å². The van der Waals surface area contributed by atoms with E-state index in [1.165, 1.54) is 0 Å². The number of benzene rings is 2. The zero-order valence-electron chi connectivity index (χ0n) is 10.6. The SMILES string of the molecule is OBc1ccc2nc(Oc3cccc(Cl)c3)ccc2c1. The monoisotopic (exact) mass is 283 g/mol. The molecule has 3 rings (SSSR count). The van der Waals surface area contributed by atoms with E-state index in [1.54, 1.807) is 18.2 Å². The Balaban J connectivity index is 1.93. The molecule has 20 heavy (non-hydrogen) atoms. The molecular weight excluding hydrogens is 272 g/mol. The number of hydrogen-bond acceptors (Lipinski definition) is 3. The summed E-state index contributed by atoms with van der Waals surface area (Å²) in [6.45, 7) is 0. The Morgan fingerprint density at radius 1 is 1.05 bits per heavy atom. The highest BCUT2D eigenvalue weighted by molar-refractivity contribution is 6.45. The lowest BCUT2D eigenvalue weighted by molar-refractivity contribution is 0.465. The van der Waals surface area contributed by atoms with E-state index in [2.05, 4.69) is 4.98 Å². The van der Waals surface area contributed by atoms with Gasteiger partial charge in [-0.15, -0.1) is 0 Å². The summed E-state index contributed by atoms with van der Waals surface area (Å²) in [4.78, 5) is 4.43. The summed E-state index contributed by atoms with van der Waals surface area (Å²) in [5.74, 6) is 1.16. The van der Waals surface area contributed by atoms with E-state index in [1.807, 2.05) is 36.4 Å². The van der Waals surface area contributed by atoms with Crippen LogP contribution in [0.1, 0.15) is 0 Å². The third-order valence-corrected chi connectivity index (χ3v) is 3.16. The maximum absolute atomic E-state index is 9.11. The molecule has 98 valence electrons. The quantitative estimate of drug-likeness (QED) is 0.752. The van der Waals surface area contributed by atoms with E-state index in [9.17, 15) is 0 Å². The second kappa shape index (κ2) is 5.53. The van der Waals surface area contributed by atoms with Crippen molar-refractivity contribution < 1.29 is 9.76 Å². The van der Waals surface area contributed by atoms with Gasteiger partial charge in [0.25, 0.3) is 0 Å². The average Bonchev–Trinajstić information content (AvgIpc) is 2.47. The van der Waals surface area contributed by atoms with Crippen molar-refractivity contribution in [1.82, 2.24) is 4.98 Å². The van der Waals surface area contributed by atoms with E-state index in [0.29, 0.717) is 16.7 Å². The number of halogens is 1. The second-order valence-corrected chi connectivity index (χ2v) is 4.83. The smallest absolute Gasteiger partial charge is 0.304 e. The zero-order chi connectivity index (χ0) is 13.9. The zero-order valence-corrected chi connectivity index (χ0v) is 11.3. The maximum atomic E-state index is 9.11. The van der Waals surface area contributed by atoms with Crippen LogP contribution in [0.3, 0.4) is 0 Å². The van der Waals surface area contributed by atoms with Crippen molar-refractivity contribution in [2.45, 2.75) is 0 Å². The van der Waals surface area contributed by atoms with Gasteiger partial charge < -0.3 is 9.76 Å². The number of ether oxygens (including phenoxy) is 1. The summed E-state index contributed by atoms with van der Waals surface area (Å²) >= 11 is 5.92. The van der Waals surface area contributed by atoms with Crippen molar-refractivity contribution in [2.75, 3.05) is 0 Å². The number of aromatic nitrogens is 1. The van der Waals surface area contributed by atoms with Crippen LogP contribution in [0, 0.1) is 0 Å². The van der Waals surface area contributed by atoms with Crippen molar-refractivity contribution in [2.24, 2.45) is 0 Å². The van der Waals surface area contributed by atoms with Gasteiger partial charge in [-0.25, -0.2) is 4.98 Å². The molecular formula is C15H11BClNO2. The predicted molar refractivity (Wildman–Crippen MR) is 82.3 cm³/mol. The first-order valence-electron chi connectivity index (χ1n) is 6.18. The predicted octanol–water partition coefficient (Wildman–Crippen LogP) is 2.65. The highest BCUT2D eigenvalue weighted by Gasteiger charge is 2.03. The first-order chi connectivity index (χ1) is 9.74. The number of fused-ring (bicyclic) bond motifs is 1. The molecule has 0 aliphatic carbocycles. The van der Waals surface area contributed by atoms with Gasteiger partial charge in [-0.1, -0.05) is 35.3 Å². The Bertz CT molecular complexity index is 764. The van der Waals surface area contributed by atoms with Crippen LogP contribution in [0.15, 0.2) is 54.6 Å². The molecule has 5 heteroatoms. The lowest BCUT2D eigenvalue weighted by Gasteiger charge is -2.06. The van der Waals surface area contributed by atoms with Crippen LogP contribution in [-0.4, -0.2) is 17.5 Å². The van der Waals surface area contributed by atoms with E-state index < -0.39 is 0 Å². The molecule has 0 saturated heterocycles. The minimum atomic E-state index is 0.0245.